The van der Waals surface area contributed by atoms with Gasteiger partial charge in [-0.15, -0.1) is 0 Å². The summed E-state index contributed by atoms with van der Waals surface area (Å²) in [6.45, 7) is 2.41. The zero-order chi connectivity index (χ0) is 14.9. The molecule has 0 aliphatic carbocycles. The molecule has 2 rings (SSSR count). The van der Waals surface area contributed by atoms with E-state index < -0.39 is 11.9 Å². The number of hydrogen-bond acceptors (Lipinski definition) is 4. The summed E-state index contributed by atoms with van der Waals surface area (Å²) in [5.74, 6) is 0.0460. The van der Waals surface area contributed by atoms with Crippen molar-refractivity contribution in [1.29, 1.82) is 5.26 Å². The van der Waals surface area contributed by atoms with Crippen LogP contribution in [-0.4, -0.2) is 30.8 Å². The van der Waals surface area contributed by atoms with E-state index >= 15 is 0 Å². The molecule has 2 atom stereocenters. The second-order valence-corrected chi connectivity index (χ2v) is 4.72. The van der Waals surface area contributed by atoms with E-state index in [1.807, 2.05) is 13.0 Å². The van der Waals surface area contributed by atoms with E-state index in [-0.39, 0.29) is 23.5 Å². The number of anilines is 1. The van der Waals surface area contributed by atoms with Crippen LogP contribution in [0.5, 0.6) is 0 Å². The Hall–Kier alpha value is -1.81. The van der Waals surface area contributed by atoms with E-state index in [4.69, 9.17) is 10.00 Å². The van der Waals surface area contributed by atoms with Gasteiger partial charge in [-0.05, 0) is 25.5 Å². The molecule has 0 saturated carbocycles. The molecule has 1 saturated heterocycles. The minimum Gasteiger partial charge on any atom is -0.376 e. The van der Waals surface area contributed by atoms with Gasteiger partial charge in [0.15, 0.2) is 0 Å². The minimum absolute atomic E-state index is 0.0460. The van der Waals surface area contributed by atoms with Crippen molar-refractivity contribution >= 4 is 5.82 Å². The van der Waals surface area contributed by atoms with Gasteiger partial charge < -0.3 is 9.64 Å². The molecule has 1 aliphatic heterocycles. The Bertz CT molecular complexity index is 539. The SMILES string of the molecule is CC1OCCC1N(C)c1nc(C(F)(F)F)ccc1C#N. The second-order valence-electron chi connectivity index (χ2n) is 4.72. The number of ether oxygens (including phenoxy) is 1. The predicted octanol–water partition coefficient (Wildman–Crippen LogP) is 2.59. The van der Waals surface area contributed by atoms with Crippen LogP contribution in [-0.2, 0) is 10.9 Å². The van der Waals surface area contributed by atoms with E-state index in [2.05, 4.69) is 4.98 Å². The molecule has 1 aromatic rings. The van der Waals surface area contributed by atoms with Gasteiger partial charge >= 0.3 is 6.18 Å². The highest BCUT2D eigenvalue weighted by atomic mass is 19.4. The fourth-order valence-electron chi connectivity index (χ4n) is 2.35. The van der Waals surface area contributed by atoms with Gasteiger partial charge in [0, 0.05) is 13.7 Å². The first kappa shape index (κ1) is 14.6. The predicted molar refractivity (Wildman–Crippen MR) is 66.2 cm³/mol. The van der Waals surface area contributed by atoms with Crippen LogP contribution in [0.4, 0.5) is 19.0 Å². The quantitative estimate of drug-likeness (QED) is 0.838. The number of rotatable bonds is 2. The summed E-state index contributed by atoms with van der Waals surface area (Å²) in [5, 5.41) is 9.04. The molecule has 4 nitrogen and oxygen atoms in total. The number of likely N-dealkylation sites (N-methyl/N-ethyl adjacent to an activating group) is 1. The van der Waals surface area contributed by atoms with Crippen LogP contribution >= 0.6 is 0 Å². The zero-order valence-electron chi connectivity index (χ0n) is 11.1. The van der Waals surface area contributed by atoms with Gasteiger partial charge in [0.05, 0.1) is 17.7 Å². The van der Waals surface area contributed by atoms with Gasteiger partial charge in [-0.2, -0.15) is 18.4 Å². The van der Waals surface area contributed by atoms with Crippen molar-refractivity contribution in [1.82, 2.24) is 4.98 Å². The maximum atomic E-state index is 12.7. The fraction of sp³-hybridized carbons (Fsp3) is 0.538. The van der Waals surface area contributed by atoms with Gasteiger partial charge in [0.2, 0.25) is 0 Å². The first-order valence-corrected chi connectivity index (χ1v) is 6.17. The van der Waals surface area contributed by atoms with E-state index in [9.17, 15) is 13.2 Å². The van der Waals surface area contributed by atoms with E-state index in [0.29, 0.717) is 13.0 Å². The lowest BCUT2D eigenvalue weighted by molar-refractivity contribution is -0.141. The van der Waals surface area contributed by atoms with Crippen LogP contribution in [0, 0.1) is 11.3 Å². The van der Waals surface area contributed by atoms with Crippen LogP contribution in [0.1, 0.15) is 24.6 Å². The highest BCUT2D eigenvalue weighted by Crippen LogP contribution is 2.32. The Morgan fingerprint density at radius 1 is 1.45 bits per heavy atom. The van der Waals surface area contributed by atoms with E-state index in [0.717, 1.165) is 12.1 Å². The van der Waals surface area contributed by atoms with Crippen molar-refractivity contribution in [3.05, 3.63) is 23.4 Å². The van der Waals surface area contributed by atoms with E-state index in [1.54, 1.807) is 11.9 Å². The third-order valence-corrected chi connectivity index (χ3v) is 3.45. The summed E-state index contributed by atoms with van der Waals surface area (Å²) in [4.78, 5) is 5.22. The molecule has 2 heterocycles. The number of pyridine rings is 1. The van der Waals surface area contributed by atoms with Crippen LogP contribution in [0.3, 0.4) is 0 Å². The van der Waals surface area contributed by atoms with Crippen molar-refractivity contribution in [2.75, 3.05) is 18.6 Å². The lowest BCUT2D eigenvalue weighted by Crippen LogP contribution is -2.38. The monoisotopic (exact) mass is 285 g/mol. The first-order chi connectivity index (χ1) is 9.34. The average Bonchev–Trinajstić information content (AvgIpc) is 2.82. The third kappa shape index (κ3) is 2.70. The van der Waals surface area contributed by atoms with Crippen molar-refractivity contribution < 1.29 is 17.9 Å². The summed E-state index contributed by atoms with van der Waals surface area (Å²) >= 11 is 0. The van der Waals surface area contributed by atoms with Crippen LogP contribution < -0.4 is 4.90 Å². The third-order valence-electron chi connectivity index (χ3n) is 3.45. The summed E-state index contributed by atoms with van der Waals surface area (Å²) in [5.41, 5.74) is -0.871. The molecule has 0 spiro atoms. The van der Waals surface area contributed by atoms with Gasteiger partial charge in [0.1, 0.15) is 17.6 Å². The molecule has 1 fully saturated rings. The minimum atomic E-state index is -4.53. The van der Waals surface area contributed by atoms with Gasteiger partial charge in [-0.3, -0.25) is 0 Å². The van der Waals surface area contributed by atoms with Crippen molar-refractivity contribution in [3.63, 3.8) is 0 Å². The summed E-state index contributed by atoms with van der Waals surface area (Å²) in [6, 6.07) is 3.77. The van der Waals surface area contributed by atoms with E-state index in [1.165, 1.54) is 0 Å². The Labute approximate surface area is 114 Å². The Morgan fingerprint density at radius 2 is 2.15 bits per heavy atom. The second kappa shape index (κ2) is 5.29. The zero-order valence-corrected chi connectivity index (χ0v) is 11.1. The molecule has 20 heavy (non-hydrogen) atoms. The lowest BCUT2D eigenvalue weighted by Gasteiger charge is -2.28. The maximum Gasteiger partial charge on any atom is 0.433 e. The number of aromatic nitrogens is 1. The molecule has 2 unspecified atom stereocenters. The molecule has 1 aromatic heterocycles. The van der Waals surface area contributed by atoms with Gasteiger partial charge in [-0.25, -0.2) is 4.98 Å². The Balaban J connectivity index is 2.41. The van der Waals surface area contributed by atoms with Crippen LogP contribution in [0.2, 0.25) is 0 Å². The molecule has 0 bridgehead atoms. The molecule has 7 heteroatoms. The van der Waals surface area contributed by atoms with Gasteiger partial charge in [0.25, 0.3) is 0 Å². The molecule has 0 N–H and O–H groups in total. The van der Waals surface area contributed by atoms with Crippen molar-refractivity contribution in [2.45, 2.75) is 31.7 Å². The van der Waals surface area contributed by atoms with Crippen molar-refractivity contribution in [3.8, 4) is 6.07 Å². The first-order valence-electron chi connectivity index (χ1n) is 6.17. The van der Waals surface area contributed by atoms with Gasteiger partial charge in [-0.1, -0.05) is 0 Å². The fourth-order valence-corrected chi connectivity index (χ4v) is 2.35. The largest absolute Gasteiger partial charge is 0.433 e. The molecular formula is C13H14F3N3O. The molecule has 0 aromatic carbocycles. The Kier molecular flexibility index (Phi) is 3.86. The highest BCUT2D eigenvalue weighted by Gasteiger charge is 2.35. The smallest absolute Gasteiger partial charge is 0.376 e. The molecular weight excluding hydrogens is 271 g/mol. The highest BCUT2D eigenvalue weighted by molar-refractivity contribution is 5.55. The summed E-state index contributed by atoms with van der Waals surface area (Å²) in [7, 11) is 1.64. The average molecular weight is 285 g/mol. The lowest BCUT2D eigenvalue weighted by atomic mass is 10.1. The maximum absolute atomic E-state index is 12.7. The molecule has 0 radical (unpaired) electrons. The number of nitrogens with zero attached hydrogens (tertiary/aromatic N) is 3. The van der Waals surface area contributed by atoms with Crippen molar-refractivity contribution in [2.24, 2.45) is 0 Å². The topological polar surface area (TPSA) is 49.1 Å². The van der Waals surface area contributed by atoms with Crippen LogP contribution in [0.25, 0.3) is 0 Å². The summed E-state index contributed by atoms with van der Waals surface area (Å²) < 4.78 is 43.6. The molecule has 0 amide bonds. The molecule has 1 aliphatic rings. The standard InChI is InChI=1S/C13H14F3N3O/c1-8-10(5-6-20-8)19(2)12-9(7-17)3-4-11(18-12)13(14,15)16/h3-4,8,10H,5-6H2,1-2H3. The normalized spacial score (nSPS) is 22.6. The molecule has 108 valence electrons. The Morgan fingerprint density at radius 3 is 2.65 bits per heavy atom. The number of halogens is 3. The number of alkyl halides is 3. The summed E-state index contributed by atoms with van der Waals surface area (Å²) in [6.07, 6.45) is -3.94. The number of hydrogen-bond donors (Lipinski definition) is 0. The number of nitriles is 1. The van der Waals surface area contributed by atoms with Crippen LogP contribution in [0.15, 0.2) is 12.1 Å².